The first-order valence-electron chi connectivity index (χ1n) is 16.6. The molecule has 9 rings (SSSR count). The Labute approximate surface area is 281 Å². The van der Waals surface area contributed by atoms with Crippen molar-refractivity contribution >= 4 is 32.3 Å². The number of hydrogen-bond acceptors (Lipinski definition) is 0. The molecule has 0 spiro atoms. The van der Waals surface area contributed by atoms with Crippen LogP contribution in [0.25, 0.3) is 88.0 Å². The fraction of sp³-hybridized carbons (Fsp3) is 0. The molecule has 0 saturated carbocycles. The molecule has 0 bridgehead atoms. The summed E-state index contributed by atoms with van der Waals surface area (Å²) in [5.41, 5.74) is 12.4. The second-order valence-corrected chi connectivity index (χ2v) is 12.5. The van der Waals surface area contributed by atoms with Crippen LogP contribution in [0.2, 0.25) is 0 Å². The second kappa shape index (κ2) is 11.8. The van der Waals surface area contributed by atoms with Gasteiger partial charge in [-0.05, 0) is 100 Å². The molecule has 0 atom stereocenters. The lowest BCUT2D eigenvalue weighted by molar-refractivity contribution is 1.59. The average Bonchev–Trinajstić information content (AvgIpc) is 3.17. The highest BCUT2D eigenvalue weighted by molar-refractivity contribution is 6.21. The first-order chi connectivity index (χ1) is 23.8. The Hall–Kier alpha value is -6.24. The van der Waals surface area contributed by atoms with E-state index in [-0.39, 0.29) is 0 Å². The van der Waals surface area contributed by atoms with Crippen LogP contribution < -0.4 is 0 Å². The van der Waals surface area contributed by atoms with Crippen molar-refractivity contribution in [3.63, 3.8) is 0 Å². The van der Waals surface area contributed by atoms with Gasteiger partial charge in [-0.2, -0.15) is 0 Å². The van der Waals surface area contributed by atoms with E-state index in [1.165, 1.54) is 88.0 Å². The van der Waals surface area contributed by atoms with E-state index in [4.69, 9.17) is 0 Å². The SMILES string of the molecule is c1ccc(-c2ccc(-c3c4ccccc4c(-c4ccc5ccc(-c6ccccc6-c6ccccc6)cc5c4)c4ccccc34)cc2)cc1. The van der Waals surface area contributed by atoms with Gasteiger partial charge in [0.25, 0.3) is 0 Å². The maximum Gasteiger partial charge on any atom is -0.00262 e. The zero-order valence-electron chi connectivity index (χ0n) is 26.5. The van der Waals surface area contributed by atoms with Gasteiger partial charge in [0, 0.05) is 0 Å². The van der Waals surface area contributed by atoms with E-state index < -0.39 is 0 Å². The third-order valence-corrected chi connectivity index (χ3v) is 9.66. The van der Waals surface area contributed by atoms with E-state index in [2.05, 4.69) is 194 Å². The molecule has 0 saturated heterocycles. The average molecular weight is 609 g/mol. The van der Waals surface area contributed by atoms with Crippen molar-refractivity contribution in [1.82, 2.24) is 0 Å². The standard InChI is InChI=1S/C48H32/c1-3-13-33(14-4-1)34-23-27-37(28-24-34)47-43-19-9-11-21-45(43)48(46-22-12-10-20-44(46)47)39-30-26-35-25-29-38(31-40(35)32-39)42-18-8-7-17-41(42)36-15-5-2-6-16-36/h1-32H. The molecule has 9 aromatic rings. The van der Waals surface area contributed by atoms with Gasteiger partial charge in [0.1, 0.15) is 0 Å². The van der Waals surface area contributed by atoms with Crippen molar-refractivity contribution in [3.05, 3.63) is 194 Å². The summed E-state index contributed by atoms with van der Waals surface area (Å²) in [7, 11) is 0. The molecule has 0 N–H and O–H groups in total. The summed E-state index contributed by atoms with van der Waals surface area (Å²) in [6.45, 7) is 0. The largest absolute Gasteiger partial charge is 0.0622 e. The molecule has 0 heteroatoms. The Bertz CT molecular complexity index is 2520. The number of hydrogen-bond donors (Lipinski definition) is 0. The molecule has 9 aromatic carbocycles. The second-order valence-electron chi connectivity index (χ2n) is 12.5. The number of benzene rings is 9. The molecule has 0 aliphatic rings. The van der Waals surface area contributed by atoms with Crippen LogP contribution in [0, 0.1) is 0 Å². The first-order valence-corrected chi connectivity index (χ1v) is 16.6. The zero-order chi connectivity index (χ0) is 31.9. The van der Waals surface area contributed by atoms with Crippen LogP contribution in [0.3, 0.4) is 0 Å². The Morgan fingerprint density at radius 1 is 0.208 bits per heavy atom. The summed E-state index contributed by atoms with van der Waals surface area (Å²) >= 11 is 0. The van der Waals surface area contributed by atoms with Crippen molar-refractivity contribution in [2.75, 3.05) is 0 Å². The van der Waals surface area contributed by atoms with E-state index in [0.29, 0.717) is 0 Å². The number of rotatable bonds is 5. The Morgan fingerprint density at radius 2 is 0.583 bits per heavy atom. The Morgan fingerprint density at radius 3 is 1.17 bits per heavy atom. The minimum atomic E-state index is 1.23. The highest BCUT2D eigenvalue weighted by Gasteiger charge is 2.17. The molecular formula is C48H32. The summed E-state index contributed by atoms with van der Waals surface area (Å²) in [6, 6.07) is 70.7. The highest BCUT2D eigenvalue weighted by atomic mass is 14.2. The summed E-state index contributed by atoms with van der Waals surface area (Å²) < 4.78 is 0. The van der Waals surface area contributed by atoms with E-state index in [1.54, 1.807) is 0 Å². The maximum absolute atomic E-state index is 2.38. The molecule has 0 radical (unpaired) electrons. The normalized spacial score (nSPS) is 11.3. The molecule has 0 amide bonds. The van der Waals surface area contributed by atoms with Gasteiger partial charge in [-0.3, -0.25) is 0 Å². The highest BCUT2D eigenvalue weighted by Crippen LogP contribution is 2.44. The zero-order valence-corrected chi connectivity index (χ0v) is 26.5. The third-order valence-electron chi connectivity index (χ3n) is 9.66. The molecule has 0 aliphatic carbocycles. The van der Waals surface area contributed by atoms with E-state index in [9.17, 15) is 0 Å². The lowest BCUT2D eigenvalue weighted by Gasteiger charge is -2.18. The van der Waals surface area contributed by atoms with Gasteiger partial charge in [-0.25, -0.2) is 0 Å². The number of fused-ring (bicyclic) bond motifs is 3. The topological polar surface area (TPSA) is 0 Å². The molecule has 0 aliphatic heterocycles. The molecule has 0 nitrogen and oxygen atoms in total. The summed E-state index contributed by atoms with van der Waals surface area (Å²) in [5.74, 6) is 0. The molecule has 48 heavy (non-hydrogen) atoms. The van der Waals surface area contributed by atoms with Gasteiger partial charge < -0.3 is 0 Å². The van der Waals surface area contributed by atoms with Crippen LogP contribution in [0.5, 0.6) is 0 Å². The molecule has 0 aromatic heterocycles. The first kappa shape index (κ1) is 28.0. The van der Waals surface area contributed by atoms with E-state index in [1.807, 2.05) is 0 Å². The maximum atomic E-state index is 2.38. The van der Waals surface area contributed by atoms with Crippen LogP contribution in [-0.2, 0) is 0 Å². The monoisotopic (exact) mass is 608 g/mol. The van der Waals surface area contributed by atoms with Gasteiger partial charge in [-0.1, -0.05) is 182 Å². The van der Waals surface area contributed by atoms with Crippen molar-refractivity contribution in [3.8, 4) is 55.6 Å². The van der Waals surface area contributed by atoms with E-state index >= 15 is 0 Å². The van der Waals surface area contributed by atoms with Crippen molar-refractivity contribution in [2.45, 2.75) is 0 Å². The fourth-order valence-corrected chi connectivity index (χ4v) is 7.38. The molecule has 0 heterocycles. The smallest absolute Gasteiger partial charge is 0.00262 e. The van der Waals surface area contributed by atoms with Gasteiger partial charge in [0.15, 0.2) is 0 Å². The van der Waals surface area contributed by atoms with Crippen molar-refractivity contribution < 1.29 is 0 Å². The lowest BCUT2D eigenvalue weighted by atomic mass is 9.85. The van der Waals surface area contributed by atoms with Gasteiger partial charge in [0.2, 0.25) is 0 Å². The van der Waals surface area contributed by atoms with Gasteiger partial charge in [0.05, 0.1) is 0 Å². The van der Waals surface area contributed by atoms with Crippen LogP contribution >= 0.6 is 0 Å². The summed E-state index contributed by atoms with van der Waals surface area (Å²) in [4.78, 5) is 0. The minimum Gasteiger partial charge on any atom is -0.0622 e. The summed E-state index contributed by atoms with van der Waals surface area (Å²) in [6.07, 6.45) is 0. The molecule has 0 unspecified atom stereocenters. The van der Waals surface area contributed by atoms with Crippen molar-refractivity contribution in [1.29, 1.82) is 0 Å². The predicted molar refractivity (Wildman–Crippen MR) is 206 cm³/mol. The van der Waals surface area contributed by atoms with Crippen LogP contribution in [0.4, 0.5) is 0 Å². The quantitative estimate of drug-likeness (QED) is 0.171. The Balaban J connectivity index is 1.22. The van der Waals surface area contributed by atoms with E-state index in [0.717, 1.165) is 0 Å². The fourth-order valence-electron chi connectivity index (χ4n) is 7.38. The van der Waals surface area contributed by atoms with Crippen LogP contribution in [-0.4, -0.2) is 0 Å². The minimum absolute atomic E-state index is 1.23. The lowest BCUT2D eigenvalue weighted by Crippen LogP contribution is -1.91. The Kier molecular flexibility index (Phi) is 6.91. The summed E-state index contributed by atoms with van der Waals surface area (Å²) in [5, 5.41) is 7.55. The van der Waals surface area contributed by atoms with Crippen LogP contribution in [0.15, 0.2) is 194 Å². The molecular weight excluding hydrogens is 577 g/mol. The van der Waals surface area contributed by atoms with Crippen LogP contribution in [0.1, 0.15) is 0 Å². The molecule has 224 valence electrons. The predicted octanol–water partition coefficient (Wildman–Crippen LogP) is 13.5. The third kappa shape index (κ3) is 4.87. The van der Waals surface area contributed by atoms with Gasteiger partial charge in [-0.15, -0.1) is 0 Å². The van der Waals surface area contributed by atoms with Gasteiger partial charge >= 0.3 is 0 Å². The molecule has 0 fully saturated rings. The van der Waals surface area contributed by atoms with Crippen molar-refractivity contribution in [2.24, 2.45) is 0 Å².